The van der Waals surface area contributed by atoms with Gasteiger partial charge in [0.25, 0.3) is 17.4 Å². The highest BCUT2D eigenvalue weighted by Crippen LogP contribution is 2.18. The Morgan fingerprint density at radius 1 is 1.16 bits per heavy atom. The predicted octanol–water partition coefficient (Wildman–Crippen LogP) is 2.64. The van der Waals surface area contributed by atoms with E-state index in [0.717, 1.165) is 25.9 Å². The summed E-state index contributed by atoms with van der Waals surface area (Å²) < 4.78 is 1.95. The number of anilines is 1. The number of hydrogen-bond acceptors (Lipinski definition) is 3. The molecular weight excluding hydrogens is 386 g/mol. The minimum absolute atomic E-state index is 0.0910. The van der Waals surface area contributed by atoms with Crippen molar-refractivity contribution in [2.75, 3.05) is 18.4 Å². The second-order valence-corrected chi connectivity index (χ2v) is 6.85. The smallest absolute Gasteiger partial charge is 0.274 e. The average molecular weight is 404 g/mol. The molecule has 0 atom stereocenters. The van der Waals surface area contributed by atoms with E-state index in [-0.39, 0.29) is 17.2 Å². The predicted molar refractivity (Wildman–Crippen MR) is 98.9 cm³/mol. The lowest BCUT2D eigenvalue weighted by atomic mass is 10.2. The van der Waals surface area contributed by atoms with Gasteiger partial charge in [-0.15, -0.1) is 0 Å². The fourth-order valence-corrected chi connectivity index (χ4v) is 3.32. The number of halogens is 1. The van der Waals surface area contributed by atoms with Crippen molar-refractivity contribution in [1.29, 1.82) is 0 Å². The summed E-state index contributed by atoms with van der Waals surface area (Å²) in [6, 6.07) is 8.40. The maximum atomic E-state index is 12.6. The van der Waals surface area contributed by atoms with Crippen LogP contribution in [0, 0.1) is 0 Å². The SMILES string of the molecule is Cn1cc(C(=O)N2CCCC2)cc(NC(=O)c2ccccc2Br)c1=O. The van der Waals surface area contributed by atoms with Crippen molar-refractivity contribution in [3.63, 3.8) is 0 Å². The van der Waals surface area contributed by atoms with Gasteiger partial charge in [-0.05, 0) is 47.0 Å². The van der Waals surface area contributed by atoms with E-state index in [9.17, 15) is 14.4 Å². The van der Waals surface area contributed by atoms with Crippen LogP contribution in [0.5, 0.6) is 0 Å². The van der Waals surface area contributed by atoms with Crippen molar-refractivity contribution in [3.05, 3.63) is 62.5 Å². The Hall–Kier alpha value is -2.41. The molecule has 7 heteroatoms. The molecule has 0 radical (unpaired) electrons. The largest absolute Gasteiger partial charge is 0.339 e. The van der Waals surface area contributed by atoms with Crippen LogP contribution in [-0.2, 0) is 7.05 Å². The number of rotatable bonds is 3. The maximum Gasteiger partial charge on any atom is 0.274 e. The molecule has 0 aliphatic carbocycles. The number of carbonyl (C=O) groups excluding carboxylic acids is 2. The molecule has 1 aromatic heterocycles. The van der Waals surface area contributed by atoms with E-state index in [0.29, 0.717) is 15.6 Å². The molecule has 0 saturated carbocycles. The number of pyridine rings is 1. The fourth-order valence-electron chi connectivity index (χ4n) is 2.86. The molecule has 0 unspecified atom stereocenters. The van der Waals surface area contributed by atoms with Gasteiger partial charge in [0.1, 0.15) is 5.69 Å². The summed E-state index contributed by atoms with van der Waals surface area (Å²) in [6.07, 6.45) is 3.49. The molecule has 1 aliphatic heterocycles. The van der Waals surface area contributed by atoms with Crippen LogP contribution in [0.1, 0.15) is 33.6 Å². The van der Waals surface area contributed by atoms with Gasteiger partial charge in [0, 0.05) is 30.8 Å². The second kappa shape index (κ2) is 7.23. The summed E-state index contributed by atoms with van der Waals surface area (Å²) in [5.41, 5.74) is 0.541. The first-order valence-corrected chi connectivity index (χ1v) is 8.82. The number of aromatic nitrogens is 1. The van der Waals surface area contributed by atoms with Crippen molar-refractivity contribution in [2.24, 2.45) is 7.05 Å². The molecule has 3 rings (SSSR count). The maximum absolute atomic E-state index is 12.6. The second-order valence-electron chi connectivity index (χ2n) is 5.99. The molecule has 2 amide bonds. The van der Waals surface area contributed by atoms with Gasteiger partial charge in [-0.25, -0.2) is 0 Å². The van der Waals surface area contributed by atoms with Crippen LogP contribution in [0.2, 0.25) is 0 Å². The molecule has 1 N–H and O–H groups in total. The Balaban J connectivity index is 1.91. The molecule has 130 valence electrons. The molecule has 2 heterocycles. The zero-order chi connectivity index (χ0) is 18.0. The van der Waals surface area contributed by atoms with E-state index < -0.39 is 5.91 Å². The number of amides is 2. The van der Waals surface area contributed by atoms with Crippen LogP contribution in [-0.4, -0.2) is 34.4 Å². The van der Waals surface area contributed by atoms with Crippen molar-refractivity contribution >= 4 is 33.4 Å². The molecule has 6 nitrogen and oxygen atoms in total. The normalized spacial score (nSPS) is 13.8. The number of hydrogen-bond donors (Lipinski definition) is 1. The standard InChI is InChI=1S/C18H18BrN3O3/c1-21-11-12(17(24)22-8-4-5-9-22)10-15(18(21)25)20-16(23)13-6-2-3-7-14(13)19/h2-3,6-7,10-11H,4-5,8-9H2,1H3,(H,20,23). The lowest BCUT2D eigenvalue weighted by molar-refractivity contribution is 0.0791. The van der Waals surface area contributed by atoms with Crippen LogP contribution in [0.4, 0.5) is 5.69 Å². The van der Waals surface area contributed by atoms with Crippen molar-refractivity contribution < 1.29 is 9.59 Å². The van der Waals surface area contributed by atoms with Crippen molar-refractivity contribution in [2.45, 2.75) is 12.8 Å². The summed E-state index contributed by atoms with van der Waals surface area (Å²) in [4.78, 5) is 39.1. The third-order valence-electron chi connectivity index (χ3n) is 4.19. The van der Waals surface area contributed by atoms with Crippen molar-refractivity contribution in [3.8, 4) is 0 Å². The van der Waals surface area contributed by atoms with Gasteiger partial charge in [-0.1, -0.05) is 12.1 Å². The Morgan fingerprint density at radius 3 is 2.52 bits per heavy atom. The topological polar surface area (TPSA) is 71.4 Å². The highest BCUT2D eigenvalue weighted by atomic mass is 79.9. The average Bonchev–Trinajstić information content (AvgIpc) is 3.13. The van der Waals surface area contributed by atoms with Gasteiger partial charge >= 0.3 is 0 Å². The molecule has 25 heavy (non-hydrogen) atoms. The quantitative estimate of drug-likeness (QED) is 0.855. The molecule has 1 fully saturated rings. The zero-order valence-corrected chi connectivity index (χ0v) is 15.4. The molecule has 0 spiro atoms. The third-order valence-corrected chi connectivity index (χ3v) is 4.88. The van der Waals surface area contributed by atoms with E-state index in [1.54, 1.807) is 36.2 Å². The summed E-state index contributed by atoms with van der Waals surface area (Å²) in [7, 11) is 1.57. The number of carbonyl (C=O) groups is 2. The van der Waals surface area contributed by atoms with Crippen LogP contribution < -0.4 is 10.9 Å². The van der Waals surface area contributed by atoms with Crippen LogP contribution in [0.25, 0.3) is 0 Å². The van der Waals surface area contributed by atoms with Crippen LogP contribution in [0.15, 0.2) is 45.8 Å². The number of nitrogens with one attached hydrogen (secondary N) is 1. The monoisotopic (exact) mass is 403 g/mol. The van der Waals surface area contributed by atoms with Gasteiger partial charge in [0.15, 0.2) is 0 Å². The van der Waals surface area contributed by atoms with E-state index >= 15 is 0 Å². The third kappa shape index (κ3) is 3.66. The Bertz CT molecular complexity index is 885. The molecule has 1 aliphatic rings. The van der Waals surface area contributed by atoms with Gasteiger partial charge in [-0.3, -0.25) is 14.4 Å². The summed E-state index contributed by atoms with van der Waals surface area (Å²) in [5.74, 6) is -0.528. The Morgan fingerprint density at radius 2 is 1.84 bits per heavy atom. The minimum Gasteiger partial charge on any atom is -0.339 e. The van der Waals surface area contributed by atoms with Crippen LogP contribution >= 0.6 is 15.9 Å². The first-order chi connectivity index (χ1) is 12.0. The minimum atomic E-state index is -0.407. The van der Waals surface area contributed by atoms with E-state index in [1.165, 1.54) is 16.8 Å². The zero-order valence-electron chi connectivity index (χ0n) is 13.8. The van der Waals surface area contributed by atoms with E-state index in [2.05, 4.69) is 21.2 Å². The summed E-state index contributed by atoms with van der Waals surface area (Å²) >= 11 is 3.32. The van der Waals surface area contributed by atoms with Gasteiger partial charge in [0.05, 0.1) is 11.1 Å². The molecule has 2 aromatic rings. The van der Waals surface area contributed by atoms with Gasteiger partial charge in [0.2, 0.25) is 0 Å². The number of benzene rings is 1. The van der Waals surface area contributed by atoms with Gasteiger partial charge < -0.3 is 14.8 Å². The lowest BCUT2D eigenvalue weighted by Crippen LogP contribution is -2.31. The fraction of sp³-hybridized carbons (Fsp3) is 0.278. The Kier molecular flexibility index (Phi) is 5.03. The lowest BCUT2D eigenvalue weighted by Gasteiger charge is -2.16. The summed E-state index contributed by atoms with van der Waals surface area (Å²) in [6.45, 7) is 1.45. The van der Waals surface area contributed by atoms with Crippen molar-refractivity contribution in [1.82, 2.24) is 9.47 Å². The summed E-state index contributed by atoms with van der Waals surface area (Å²) in [5, 5.41) is 2.62. The van der Waals surface area contributed by atoms with Crippen LogP contribution in [0.3, 0.4) is 0 Å². The number of likely N-dealkylation sites (tertiary alicyclic amines) is 1. The molecule has 1 aromatic carbocycles. The highest BCUT2D eigenvalue weighted by molar-refractivity contribution is 9.10. The number of aryl methyl sites for hydroxylation is 1. The molecule has 1 saturated heterocycles. The molecular formula is C18H18BrN3O3. The molecule has 0 bridgehead atoms. The van der Waals surface area contributed by atoms with Gasteiger partial charge in [-0.2, -0.15) is 0 Å². The first-order valence-electron chi connectivity index (χ1n) is 8.03. The van der Waals surface area contributed by atoms with E-state index in [4.69, 9.17) is 0 Å². The number of nitrogens with zero attached hydrogens (tertiary/aromatic N) is 2. The Labute approximate surface area is 153 Å². The highest BCUT2D eigenvalue weighted by Gasteiger charge is 2.21. The first kappa shape index (κ1) is 17.4. The van der Waals surface area contributed by atoms with E-state index in [1.807, 2.05) is 0 Å².